The third-order valence-electron chi connectivity index (χ3n) is 4.16. The first-order chi connectivity index (χ1) is 14.6. The van der Waals surface area contributed by atoms with Crippen molar-refractivity contribution in [3.05, 3.63) is 72.1 Å². The summed E-state index contributed by atoms with van der Waals surface area (Å²) in [6, 6.07) is 12.9. The Bertz CT molecular complexity index is 1160. The summed E-state index contributed by atoms with van der Waals surface area (Å²) in [7, 11) is -3.40. The quantitative estimate of drug-likeness (QED) is 0.559. The van der Waals surface area contributed by atoms with Crippen molar-refractivity contribution in [2.45, 2.75) is 19.5 Å². The minimum Gasteiger partial charge on any atom is -0.322 e. The average molecular weight is 452 g/mol. The molecule has 1 heterocycles. The topological polar surface area (TPSA) is 93.1 Å². The number of carbonyl (C=O) groups is 1. The molecule has 0 unspecified atom stereocenters. The molecule has 2 N–H and O–H groups in total. The smallest absolute Gasteiger partial charge is 0.322 e. The van der Waals surface area contributed by atoms with Gasteiger partial charge in [-0.05, 0) is 61.0 Å². The number of nitrogens with zero attached hydrogens (tertiary/aromatic N) is 2. The number of hydrogen-bond acceptors (Lipinski definition) is 4. The van der Waals surface area contributed by atoms with Crippen molar-refractivity contribution in [2.75, 3.05) is 15.8 Å². The van der Waals surface area contributed by atoms with Crippen LogP contribution in [-0.4, -0.2) is 29.9 Å². The Balaban J connectivity index is 1.65. The summed E-state index contributed by atoms with van der Waals surface area (Å²) in [5.41, 5.74) is 0.493. The van der Waals surface area contributed by atoms with Crippen LogP contribution < -0.4 is 10.0 Å². The molecule has 0 bridgehead atoms. The van der Waals surface area contributed by atoms with Crippen LogP contribution in [0.15, 0.2) is 60.8 Å². The second-order valence-electron chi connectivity index (χ2n) is 6.64. The summed E-state index contributed by atoms with van der Waals surface area (Å²) in [4.78, 5) is 12.4. The fraction of sp³-hybridized carbons (Fsp3) is 0.200. The predicted molar refractivity (Wildman–Crippen MR) is 111 cm³/mol. The number of sulfonamides is 1. The van der Waals surface area contributed by atoms with Crippen molar-refractivity contribution < 1.29 is 26.4 Å². The Kier molecular flexibility index (Phi) is 6.34. The van der Waals surface area contributed by atoms with Crippen LogP contribution in [-0.2, 0) is 16.2 Å². The molecule has 0 saturated carbocycles. The summed E-state index contributed by atoms with van der Waals surface area (Å²) in [5.74, 6) is -0.417. The van der Waals surface area contributed by atoms with Gasteiger partial charge in [-0.25, -0.2) is 13.1 Å². The second-order valence-corrected chi connectivity index (χ2v) is 8.48. The van der Waals surface area contributed by atoms with Crippen molar-refractivity contribution in [1.29, 1.82) is 0 Å². The maximum Gasteiger partial charge on any atom is 0.435 e. The van der Waals surface area contributed by atoms with Crippen LogP contribution in [0.25, 0.3) is 5.69 Å². The Labute approximate surface area is 176 Å². The van der Waals surface area contributed by atoms with Gasteiger partial charge in [-0.2, -0.15) is 18.3 Å². The van der Waals surface area contributed by atoms with E-state index in [1.165, 1.54) is 42.6 Å². The first-order valence-electron chi connectivity index (χ1n) is 9.22. The number of halogens is 3. The van der Waals surface area contributed by atoms with E-state index >= 15 is 0 Å². The average Bonchev–Trinajstić information content (AvgIpc) is 3.20. The van der Waals surface area contributed by atoms with Gasteiger partial charge >= 0.3 is 6.18 Å². The fourth-order valence-corrected chi connectivity index (χ4v) is 3.84. The van der Waals surface area contributed by atoms with Crippen LogP contribution in [0.4, 0.5) is 24.5 Å². The normalized spacial score (nSPS) is 11.9. The lowest BCUT2D eigenvalue weighted by Gasteiger charge is -2.09. The molecule has 2 aromatic carbocycles. The molecule has 1 amide bonds. The third kappa shape index (κ3) is 5.85. The lowest BCUT2D eigenvalue weighted by atomic mass is 10.2. The Morgan fingerprint density at radius 3 is 2.16 bits per heavy atom. The molecule has 0 saturated heterocycles. The number of aromatic nitrogens is 2. The van der Waals surface area contributed by atoms with Gasteiger partial charge in [0.25, 0.3) is 5.91 Å². The Hall–Kier alpha value is -3.34. The minimum atomic E-state index is -4.53. The standard InChI is InChI=1S/C20H19F3N4O3S/c1-2-13-31(29,30)26-16-7-5-15(6-8-16)24-19(28)14-3-9-17(10-4-14)27-12-11-18(25-27)20(21,22)23/h3-12,26H,2,13H2,1H3,(H,24,28). The summed E-state index contributed by atoms with van der Waals surface area (Å²) < 4.78 is 65.1. The molecule has 0 fully saturated rings. The van der Waals surface area contributed by atoms with Gasteiger partial charge in [0, 0.05) is 23.1 Å². The highest BCUT2D eigenvalue weighted by atomic mass is 32.2. The molecule has 0 aliphatic heterocycles. The summed E-state index contributed by atoms with van der Waals surface area (Å²) in [6.07, 6.45) is -2.85. The van der Waals surface area contributed by atoms with Crippen LogP contribution in [0.2, 0.25) is 0 Å². The van der Waals surface area contributed by atoms with Crippen molar-refractivity contribution in [3.63, 3.8) is 0 Å². The van der Waals surface area contributed by atoms with Gasteiger partial charge in [0.05, 0.1) is 11.4 Å². The van der Waals surface area contributed by atoms with Gasteiger partial charge in [0.15, 0.2) is 5.69 Å². The minimum absolute atomic E-state index is 0.0114. The largest absolute Gasteiger partial charge is 0.435 e. The maximum absolute atomic E-state index is 12.7. The highest BCUT2D eigenvalue weighted by Gasteiger charge is 2.33. The number of benzene rings is 2. The molecule has 164 valence electrons. The van der Waals surface area contributed by atoms with Gasteiger partial charge in [-0.3, -0.25) is 9.52 Å². The van der Waals surface area contributed by atoms with Crippen LogP contribution >= 0.6 is 0 Å². The molecule has 0 spiro atoms. The van der Waals surface area contributed by atoms with Crippen LogP contribution in [0.3, 0.4) is 0 Å². The summed E-state index contributed by atoms with van der Waals surface area (Å²) >= 11 is 0. The van der Waals surface area contributed by atoms with Crippen molar-refractivity contribution in [3.8, 4) is 5.69 Å². The molecule has 0 radical (unpaired) electrons. The number of hydrogen-bond donors (Lipinski definition) is 2. The van der Waals surface area contributed by atoms with Gasteiger partial charge in [-0.1, -0.05) is 6.92 Å². The first kappa shape index (κ1) is 22.3. The predicted octanol–water partition coefficient (Wildman–Crippen LogP) is 4.30. The van der Waals surface area contributed by atoms with E-state index < -0.39 is 27.8 Å². The number of anilines is 2. The molecule has 3 rings (SSSR count). The number of rotatable bonds is 7. The zero-order valence-electron chi connectivity index (χ0n) is 16.3. The molecular weight excluding hydrogens is 433 g/mol. The van der Waals surface area contributed by atoms with E-state index in [4.69, 9.17) is 0 Å². The molecule has 31 heavy (non-hydrogen) atoms. The monoisotopic (exact) mass is 452 g/mol. The van der Waals surface area contributed by atoms with Gasteiger partial charge in [-0.15, -0.1) is 0 Å². The molecule has 0 atom stereocenters. The maximum atomic E-state index is 12.7. The molecule has 7 nitrogen and oxygen atoms in total. The summed E-state index contributed by atoms with van der Waals surface area (Å²) in [5, 5.41) is 6.15. The highest BCUT2D eigenvalue weighted by molar-refractivity contribution is 7.92. The van der Waals surface area contributed by atoms with E-state index in [9.17, 15) is 26.4 Å². The van der Waals surface area contributed by atoms with E-state index in [1.807, 2.05) is 0 Å². The molecule has 0 aliphatic rings. The summed E-state index contributed by atoms with van der Waals surface area (Å²) in [6.45, 7) is 1.76. The Morgan fingerprint density at radius 2 is 1.61 bits per heavy atom. The Morgan fingerprint density at radius 1 is 1.00 bits per heavy atom. The van der Waals surface area contributed by atoms with Crippen LogP contribution in [0.5, 0.6) is 0 Å². The molecule has 11 heteroatoms. The first-order valence-corrected chi connectivity index (χ1v) is 10.9. The van der Waals surface area contributed by atoms with Gasteiger partial charge in [0.2, 0.25) is 10.0 Å². The van der Waals surface area contributed by atoms with Crippen molar-refractivity contribution >= 4 is 27.3 Å². The zero-order chi connectivity index (χ0) is 22.6. The van der Waals surface area contributed by atoms with Gasteiger partial charge < -0.3 is 5.32 Å². The fourth-order valence-electron chi connectivity index (χ4n) is 2.71. The van der Waals surface area contributed by atoms with Gasteiger partial charge in [0.1, 0.15) is 0 Å². The highest BCUT2D eigenvalue weighted by Crippen LogP contribution is 2.28. The lowest BCUT2D eigenvalue weighted by molar-refractivity contribution is -0.141. The molecule has 3 aromatic rings. The number of alkyl halides is 3. The van der Waals surface area contributed by atoms with E-state index in [-0.39, 0.29) is 5.75 Å². The molecular formula is C20H19F3N4O3S. The van der Waals surface area contributed by atoms with Crippen molar-refractivity contribution in [1.82, 2.24) is 9.78 Å². The second kappa shape index (κ2) is 8.80. The van der Waals surface area contributed by atoms with Crippen LogP contribution in [0, 0.1) is 0 Å². The number of amides is 1. The molecule has 1 aromatic heterocycles. The van der Waals surface area contributed by atoms with Crippen LogP contribution in [0.1, 0.15) is 29.4 Å². The number of carbonyl (C=O) groups excluding carboxylic acids is 1. The SMILES string of the molecule is CCCS(=O)(=O)Nc1ccc(NC(=O)c2ccc(-n3ccc(C(F)(F)F)n3)cc2)cc1. The molecule has 0 aliphatic carbocycles. The van der Waals surface area contributed by atoms with Crippen molar-refractivity contribution in [2.24, 2.45) is 0 Å². The number of nitrogens with one attached hydrogen (secondary N) is 2. The third-order valence-corrected chi connectivity index (χ3v) is 5.65. The van der Waals surface area contributed by atoms with E-state index in [0.717, 1.165) is 10.7 Å². The van der Waals surface area contributed by atoms with E-state index in [0.29, 0.717) is 29.0 Å². The van der Waals surface area contributed by atoms with E-state index in [1.54, 1.807) is 19.1 Å². The zero-order valence-corrected chi connectivity index (χ0v) is 17.2. The van der Waals surface area contributed by atoms with E-state index in [2.05, 4.69) is 15.1 Å². The lowest BCUT2D eigenvalue weighted by Crippen LogP contribution is -2.16.